The molecule has 3 aliphatic rings. The molecule has 1 aromatic heterocycles. The van der Waals surface area contributed by atoms with Crippen LogP contribution in [0.4, 0.5) is 0 Å². The molecule has 1 aromatic carbocycles. The van der Waals surface area contributed by atoms with Gasteiger partial charge in [0.1, 0.15) is 17.9 Å². The third kappa shape index (κ3) is 3.39. The lowest BCUT2D eigenvalue weighted by Gasteiger charge is -2.37. The number of nitrogens with zero attached hydrogens (tertiary/aromatic N) is 4. The van der Waals surface area contributed by atoms with Gasteiger partial charge in [-0.1, -0.05) is 6.07 Å². The Balaban J connectivity index is 1.46. The summed E-state index contributed by atoms with van der Waals surface area (Å²) in [6, 6.07) is 5.70. The van der Waals surface area contributed by atoms with Gasteiger partial charge in [-0.3, -0.25) is 4.79 Å². The van der Waals surface area contributed by atoms with E-state index in [0.717, 1.165) is 67.8 Å². The SMILES string of the molecule is COc1cccc(C(=O)N2CC(c3nncn3CC3CC3)C3(CCOCC3)C2)c1C. The number of likely N-dealkylation sites (tertiary alicyclic amines) is 1. The summed E-state index contributed by atoms with van der Waals surface area (Å²) in [5, 5.41) is 8.81. The van der Waals surface area contributed by atoms with Gasteiger partial charge in [-0.2, -0.15) is 0 Å². The predicted octanol–water partition coefficient (Wildman–Crippen LogP) is 3.04. The smallest absolute Gasteiger partial charge is 0.254 e. The number of ether oxygens (including phenoxy) is 2. The molecule has 1 unspecified atom stereocenters. The highest BCUT2D eigenvalue weighted by Gasteiger charge is 2.51. The van der Waals surface area contributed by atoms with Crippen molar-refractivity contribution >= 4 is 5.91 Å². The predicted molar refractivity (Wildman–Crippen MR) is 112 cm³/mol. The van der Waals surface area contributed by atoms with Crippen molar-refractivity contribution in [2.45, 2.75) is 45.1 Å². The number of rotatable bonds is 5. The lowest BCUT2D eigenvalue weighted by atomic mass is 9.71. The summed E-state index contributed by atoms with van der Waals surface area (Å²) in [6.07, 6.45) is 6.36. The minimum atomic E-state index is 0.00894. The molecule has 7 heteroatoms. The first kappa shape index (κ1) is 19.5. The summed E-state index contributed by atoms with van der Waals surface area (Å²) >= 11 is 0. The zero-order chi connectivity index (χ0) is 20.7. The van der Waals surface area contributed by atoms with Gasteiger partial charge < -0.3 is 18.9 Å². The first-order chi connectivity index (χ1) is 14.6. The quantitative estimate of drug-likeness (QED) is 0.758. The van der Waals surface area contributed by atoms with Crippen molar-refractivity contribution in [2.24, 2.45) is 11.3 Å². The van der Waals surface area contributed by atoms with E-state index in [0.29, 0.717) is 6.54 Å². The molecule has 2 aliphatic heterocycles. The van der Waals surface area contributed by atoms with Crippen molar-refractivity contribution in [1.82, 2.24) is 19.7 Å². The molecule has 3 heterocycles. The molecular formula is C23H30N4O3. The van der Waals surface area contributed by atoms with Crippen molar-refractivity contribution in [3.63, 3.8) is 0 Å². The van der Waals surface area contributed by atoms with Crippen LogP contribution in [0.5, 0.6) is 5.75 Å². The normalized spacial score (nSPS) is 23.1. The van der Waals surface area contributed by atoms with E-state index in [2.05, 4.69) is 14.8 Å². The number of aromatic nitrogens is 3. The molecule has 2 aromatic rings. The minimum Gasteiger partial charge on any atom is -0.496 e. The molecule has 1 atom stereocenters. The molecule has 0 bridgehead atoms. The first-order valence-corrected chi connectivity index (χ1v) is 11.0. The van der Waals surface area contributed by atoms with E-state index >= 15 is 0 Å². The van der Waals surface area contributed by atoms with Crippen molar-refractivity contribution in [3.05, 3.63) is 41.5 Å². The van der Waals surface area contributed by atoms with E-state index in [1.807, 2.05) is 36.4 Å². The van der Waals surface area contributed by atoms with Crippen LogP contribution in [-0.2, 0) is 11.3 Å². The zero-order valence-electron chi connectivity index (χ0n) is 17.8. The molecule has 1 amide bonds. The third-order valence-electron chi connectivity index (χ3n) is 7.27. The molecule has 0 N–H and O–H groups in total. The number of carbonyl (C=O) groups excluding carboxylic acids is 1. The number of amides is 1. The highest BCUT2D eigenvalue weighted by atomic mass is 16.5. The number of carbonyl (C=O) groups is 1. The molecule has 2 saturated heterocycles. The van der Waals surface area contributed by atoms with Crippen LogP contribution in [0, 0.1) is 18.3 Å². The van der Waals surface area contributed by atoms with Gasteiger partial charge in [0.2, 0.25) is 0 Å². The Bertz CT molecular complexity index is 930. The second-order valence-corrected chi connectivity index (χ2v) is 9.13. The van der Waals surface area contributed by atoms with Crippen LogP contribution in [0.3, 0.4) is 0 Å². The van der Waals surface area contributed by atoms with Gasteiger partial charge in [-0.15, -0.1) is 10.2 Å². The second-order valence-electron chi connectivity index (χ2n) is 9.13. The average Bonchev–Trinajstić information content (AvgIpc) is 3.35. The summed E-state index contributed by atoms with van der Waals surface area (Å²) in [7, 11) is 1.65. The summed E-state index contributed by atoms with van der Waals surface area (Å²) in [5.41, 5.74) is 1.62. The largest absolute Gasteiger partial charge is 0.496 e. The van der Waals surface area contributed by atoms with Gasteiger partial charge >= 0.3 is 0 Å². The van der Waals surface area contributed by atoms with Crippen LogP contribution < -0.4 is 4.74 Å². The molecule has 7 nitrogen and oxygen atoms in total. The number of hydrogen-bond acceptors (Lipinski definition) is 5. The van der Waals surface area contributed by atoms with E-state index in [1.165, 1.54) is 12.8 Å². The number of benzene rings is 1. The van der Waals surface area contributed by atoms with Crippen LogP contribution in [0.2, 0.25) is 0 Å². The summed E-state index contributed by atoms with van der Waals surface area (Å²) in [6.45, 7) is 5.86. The fourth-order valence-corrected chi connectivity index (χ4v) is 5.25. The van der Waals surface area contributed by atoms with Gasteiger partial charge in [0.05, 0.1) is 7.11 Å². The van der Waals surface area contributed by atoms with Gasteiger partial charge in [-0.05, 0) is 50.7 Å². The van der Waals surface area contributed by atoms with E-state index in [9.17, 15) is 4.79 Å². The van der Waals surface area contributed by atoms with Crippen molar-refractivity contribution < 1.29 is 14.3 Å². The molecule has 0 radical (unpaired) electrons. The number of methoxy groups -OCH3 is 1. The molecule has 5 rings (SSSR count). The van der Waals surface area contributed by atoms with Crippen LogP contribution >= 0.6 is 0 Å². The lowest BCUT2D eigenvalue weighted by molar-refractivity contribution is 0.0107. The van der Waals surface area contributed by atoms with E-state index in [-0.39, 0.29) is 17.2 Å². The maximum atomic E-state index is 13.5. The monoisotopic (exact) mass is 410 g/mol. The molecule has 1 saturated carbocycles. The lowest BCUT2D eigenvalue weighted by Crippen LogP contribution is -2.38. The Labute approximate surface area is 177 Å². The van der Waals surface area contributed by atoms with Crippen molar-refractivity contribution in [2.75, 3.05) is 33.4 Å². The molecular weight excluding hydrogens is 380 g/mol. The van der Waals surface area contributed by atoms with E-state index in [1.54, 1.807) is 7.11 Å². The first-order valence-electron chi connectivity index (χ1n) is 11.0. The highest BCUT2D eigenvalue weighted by Crippen LogP contribution is 2.49. The van der Waals surface area contributed by atoms with Gasteiger partial charge in [0.25, 0.3) is 5.91 Å². The average molecular weight is 411 g/mol. The maximum Gasteiger partial charge on any atom is 0.254 e. The fraction of sp³-hybridized carbons (Fsp3) is 0.609. The maximum absolute atomic E-state index is 13.5. The summed E-state index contributed by atoms with van der Waals surface area (Å²) < 4.78 is 13.4. The van der Waals surface area contributed by atoms with Crippen LogP contribution in [0.1, 0.15) is 53.3 Å². The molecule has 1 spiro atoms. The molecule has 30 heavy (non-hydrogen) atoms. The Morgan fingerprint density at radius 2 is 2.10 bits per heavy atom. The summed E-state index contributed by atoms with van der Waals surface area (Å²) in [4.78, 5) is 15.6. The minimum absolute atomic E-state index is 0.00894. The molecule has 1 aliphatic carbocycles. The van der Waals surface area contributed by atoms with Crippen LogP contribution in [-0.4, -0.2) is 59.0 Å². The Hall–Kier alpha value is -2.41. The Morgan fingerprint density at radius 3 is 2.83 bits per heavy atom. The highest BCUT2D eigenvalue weighted by molar-refractivity contribution is 5.96. The topological polar surface area (TPSA) is 69.5 Å². The molecule has 3 fully saturated rings. The van der Waals surface area contributed by atoms with E-state index in [4.69, 9.17) is 9.47 Å². The van der Waals surface area contributed by atoms with Crippen molar-refractivity contribution in [1.29, 1.82) is 0 Å². The second kappa shape index (κ2) is 7.69. The summed E-state index contributed by atoms with van der Waals surface area (Å²) in [5.74, 6) is 2.82. The van der Waals surface area contributed by atoms with Crippen molar-refractivity contribution in [3.8, 4) is 5.75 Å². The zero-order valence-corrected chi connectivity index (χ0v) is 17.8. The van der Waals surface area contributed by atoms with Crippen LogP contribution in [0.15, 0.2) is 24.5 Å². The number of hydrogen-bond donors (Lipinski definition) is 0. The van der Waals surface area contributed by atoms with Gasteiger partial charge in [0.15, 0.2) is 0 Å². The molecule has 160 valence electrons. The Morgan fingerprint density at radius 1 is 1.30 bits per heavy atom. The fourth-order valence-electron chi connectivity index (χ4n) is 5.25. The van der Waals surface area contributed by atoms with Crippen LogP contribution in [0.25, 0.3) is 0 Å². The van der Waals surface area contributed by atoms with Gasteiger partial charge in [-0.25, -0.2) is 0 Å². The Kier molecular flexibility index (Phi) is 5.01. The standard InChI is InChI=1S/C23H30N4O3/c1-16-18(4-3-5-20(16)29-2)22(28)26-13-19(23(14-26)8-10-30-11-9-23)21-25-24-15-27(21)12-17-6-7-17/h3-5,15,17,19H,6-14H2,1-2H3. The van der Waals surface area contributed by atoms with E-state index < -0.39 is 0 Å². The third-order valence-corrected chi connectivity index (χ3v) is 7.27. The van der Waals surface area contributed by atoms with Gasteiger partial charge in [0, 0.05) is 55.3 Å².